The maximum Gasteiger partial charge on any atom is 0.233 e. The molecule has 0 saturated carbocycles. The topological polar surface area (TPSA) is 50.4 Å². The summed E-state index contributed by atoms with van der Waals surface area (Å²) in [5, 5.41) is 5.74. The Hall–Kier alpha value is -0.610. The van der Waals surface area contributed by atoms with E-state index in [4.69, 9.17) is 4.74 Å². The first kappa shape index (κ1) is 13.4. The van der Waals surface area contributed by atoms with Crippen LogP contribution in [0.1, 0.15) is 20.8 Å². The van der Waals surface area contributed by atoms with Crippen molar-refractivity contribution >= 4 is 5.91 Å². The monoisotopic (exact) mass is 202 g/mol. The molecule has 1 amide bonds. The number of rotatable bonds is 7. The van der Waals surface area contributed by atoms with Crippen LogP contribution in [0.15, 0.2) is 0 Å². The highest BCUT2D eigenvalue weighted by molar-refractivity contribution is 5.77. The molecule has 0 aliphatic rings. The van der Waals surface area contributed by atoms with E-state index in [0.29, 0.717) is 25.7 Å². The third kappa shape index (κ3) is 5.94. The van der Waals surface area contributed by atoms with Gasteiger partial charge < -0.3 is 15.4 Å². The van der Waals surface area contributed by atoms with Crippen LogP contribution in [0.3, 0.4) is 0 Å². The van der Waals surface area contributed by atoms with E-state index in [0.717, 1.165) is 0 Å². The molecule has 0 aliphatic carbocycles. The van der Waals surface area contributed by atoms with Gasteiger partial charge in [0, 0.05) is 19.7 Å². The summed E-state index contributed by atoms with van der Waals surface area (Å²) in [5.74, 6) is 0.471. The Labute approximate surface area is 86.4 Å². The molecule has 0 aromatic rings. The maximum absolute atomic E-state index is 11.0. The first-order chi connectivity index (χ1) is 6.61. The van der Waals surface area contributed by atoms with Crippen molar-refractivity contribution in [1.29, 1.82) is 0 Å². The Morgan fingerprint density at radius 2 is 2.07 bits per heavy atom. The summed E-state index contributed by atoms with van der Waals surface area (Å²) in [6, 6.07) is 0.243. The van der Waals surface area contributed by atoms with Crippen molar-refractivity contribution in [2.75, 3.05) is 26.8 Å². The predicted molar refractivity (Wildman–Crippen MR) is 57.2 cm³/mol. The average molecular weight is 202 g/mol. The molecule has 0 spiro atoms. The lowest BCUT2D eigenvalue weighted by atomic mass is 10.1. The maximum atomic E-state index is 11.0. The molecule has 0 rings (SSSR count). The van der Waals surface area contributed by atoms with Gasteiger partial charge in [-0.1, -0.05) is 13.8 Å². The molecule has 84 valence electrons. The second-order valence-electron chi connectivity index (χ2n) is 3.56. The van der Waals surface area contributed by atoms with Gasteiger partial charge in [-0.05, 0) is 12.8 Å². The largest absolute Gasteiger partial charge is 0.380 e. The fraction of sp³-hybridized carbons (Fsp3) is 0.900. The summed E-state index contributed by atoms with van der Waals surface area (Å²) < 4.78 is 5.33. The van der Waals surface area contributed by atoms with Gasteiger partial charge in [0.05, 0.1) is 13.2 Å². The van der Waals surface area contributed by atoms with Crippen molar-refractivity contribution < 1.29 is 9.53 Å². The minimum atomic E-state index is 0.00662. The van der Waals surface area contributed by atoms with E-state index in [1.165, 1.54) is 0 Å². The van der Waals surface area contributed by atoms with Crippen LogP contribution in [0, 0.1) is 5.92 Å². The normalized spacial score (nSPS) is 12.9. The van der Waals surface area contributed by atoms with Crippen molar-refractivity contribution in [3.05, 3.63) is 0 Å². The van der Waals surface area contributed by atoms with Gasteiger partial charge in [0.1, 0.15) is 0 Å². The van der Waals surface area contributed by atoms with Gasteiger partial charge >= 0.3 is 0 Å². The fourth-order valence-corrected chi connectivity index (χ4v) is 1.04. The van der Waals surface area contributed by atoms with E-state index in [-0.39, 0.29) is 11.9 Å². The van der Waals surface area contributed by atoms with Crippen molar-refractivity contribution in [3.8, 4) is 0 Å². The third-order valence-corrected chi connectivity index (χ3v) is 2.11. The molecule has 0 aromatic heterocycles. The zero-order chi connectivity index (χ0) is 11.0. The number of hydrogen-bond acceptors (Lipinski definition) is 3. The summed E-state index contributed by atoms with van der Waals surface area (Å²) in [6.45, 7) is 7.92. The van der Waals surface area contributed by atoms with E-state index in [2.05, 4.69) is 24.5 Å². The lowest BCUT2D eigenvalue weighted by molar-refractivity contribution is -0.120. The molecule has 0 bridgehead atoms. The van der Waals surface area contributed by atoms with E-state index >= 15 is 0 Å². The number of hydrogen-bond donors (Lipinski definition) is 2. The molecule has 14 heavy (non-hydrogen) atoms. The SMILES string of the molecule is CCOCC(NCC(=O)NC)C(C)C. The minimum Gasteiger partial charge on any atom is -0.380 e. The molecule has 4 heteroatoms. The Morgan fingerprint density at radius 1 is 1.43 bits per heavy atom. The molecular formula is C10H22N2O2. The first-order valence-electron chi connectivity index (χ1n) is 5.13. The summed E-state index contributed by atoms with van der Waals surface area (Å²) in [5.41, 5.74) is 0. The molecule has 4 nitrogen and oxygen atoms in total. The summed E-state index contributed by atoms with van der Waals surface area (Å²) in [4.78, 5) is 11.0. The molecule has 0 aliphatic heterocycles. The van der Waals surface area contributed by atoms with E-state index < -0.39 is 0 Å². The van der Waals surface area contributed by atoms with Gasteiger partial charge in [0.15, 0.2) is 0 Å². The molecule has 0 saturated heterocycles. The average Bonchev–Trinajstić information content (AvgIpc) is 2.16. The number of carbonyl (C=O) groups excluding carboxylic acids is 1. The Morgan fingerprint density at radius 3 is 2.50 bits per heavy atom. The number of carbonyl (C=O) groups is 1. The van der Waals surface area contributed by atoms with Crippen LogP contribution >= 0.6 is 0 Å². The fourth-order valence-electron chi connectivity index (χ4n) is 1.04. The zero-order valence-corrected chi connectivity index (χ0v) is 9.59. The second-order valence-corrected chi connectivity index (χ2v) is 3.56. The standard InChI is InChI=1S/C10H22N2O2/c1-5-14-7-9(8(2)3)12-6-10(13)11-4/h8-9,12H,5-7H2,1-4H3,(H,11,13). The van der Waals surface area contributed by atoms with Crippen LogP contribution in [0.4, 0.5) is 0 Å². The Balaban J connectivity index is 3.78. The van der Waals surface area contributed by atoms with Gasteiger partial charge in [-0.15, -0.1) is 0 Å². The van der Waals surface area contributed by atoms with Gasteiger partial charge in [-0.2, -0.15) is 0 Å². The van der Waals surface area contributed by atoms with Crippen LogP contribution in [0.5, 0.6) is 0 Å². The van der Waals surface area contributed by atoms with Crippen LogP contribution < -0.4 is 10.6 Å². The molecular weight excluding hydrogens is 180 g/mol. The van der Waals surface area contributed by atoms with Crippen molar-refractivity contribution in [1.82, 2.24) is 10.6 Å². The number of ether oxygens (including phenoxy) is 1. The Kier molecular flexibility index (Phi) is 7.42. The van der Waals surface area contributed by atoms with E-state index in [1.54, 1.807) is 7.05 Å². The van der Waals surface area contributed by atoms with Gasteiger partial charge in [0.2, 0.25) is 5.91 Å². The molecule has 0 aromatic carbocycles. The Bertz CT molecular complexity index is 160. The van der Waals surface area contributed by atoms with Gasteiger partial charge in [-0.25, -0.2) is 0 Å². The molecule has 0 heterocycles. The zero-order valence-electron chi connectivity index (χ0n) is 9.59. The smallest absolute Gasteiger partial charge is 0.233 e. The predicted octanol–water partition coefficient (Wildman–Crippen LogP) is 0.383. The number of likely N-dealkylation sites (N-methyl/N-ethyl adjacent to an activating group) is 1. The number of nitrogens with one attached hydrogen (secondary N) is 2. The lowest BCUT2D eigenvalue weighted by Gasteiger charge is -2.21. The minimum absolute atomic E-state index is 0.00662. The lowest BCUT2D eigenvalue weighted by Crippen LogP contribution is -2.43. The van der Waals surface area contributed by atoms with E-state index in [9.17, 15) is 4.79 Å². The van der Waals surface area contributed by atoms with Crippen molar-refractivity contribution in [3.63, 3.8) is 0 Å². The van der Waals surface area contributed by atoms with Gasteiger partial charge in [0.25, 0.3) is 0 Å². The molecule has 1 atom stereocenters. The first-order valence-corrected chi connectivity index (χ1v) is 5.13. The summed E-state index contributed by atoms with van der Waals surface area (Å²) >= 11 is 0. The summed E-state index contributed by atoms with van der Waals surface area (Å²) in [7, 11) is 1.64. The molecule has 0 radical (unpaired) electrons. The quantitative estimate of drug-likeness (QED) is 0.627. The number of amides is 1. The van der Waals surface area contributed by atoms with Crippen LogP contribution in [-0.4, -0.2) is 38.8 Å². The van der Waals surface area contributed by atoms with Crippen molar-refractivity contribution in [2.24, 2.45) is 5.92 Å². The molecule has 2 N–H and O–H groups in total. The van der Waals surface area contributed by atoms with Crippen LogP contribution in [-0.2, 0) is 9.53 Å². The molecule has 1 unspecified atom stereocenters. The highest BCUT2D eigenvalue weighted by Gasteiger charge is 2.13. The molecule has 0 fully saturated rings. The van der Waals surface area contributed by atoms with E-state index in [1.807, 2.05) is 6.92 Å². The second kappa shape index (κ2) is 7.76. The van der Waals surface area contributed by atoms with Crippen LogP contribution in [0.2, 0.25) is 0 Å². The van der Waals surface area contributed by atoms with Crippen molar-refractivity contribution in [2.45, 2.75) is 26.8 Å². The highest BCUT2D eigenvalue weighted by Crippen LogP contribution is 2.01. The van der Waals surface area contributed by atoms with Gasteiger partial charge in [-0.3, -0.25) is 4.79 Å². The summed E-state index contributed by atoms with van der Waals surface area (Å²) in [6.07, 6.45) is 0. The highest BCUT2D eigenvalue weighted by atomic mass is 16.5. The third-order valence-electron chi connectivity index (χ3n) is 2.11. The van der Waals surface area contributed by atoms with Crippen LogP contribution in [0.25, 0.3) is 0 Å².